The summed E-state index contributed by atoms with van der Waals surface area (Å²) >= 11 is 0. The molecular formula is C20H23NO6. The number of ether oxygens (including phenoxy) is 2. The number of carboxylic acid groups (broad SMARTS) is 2. The van der Waals surface area contributed by atoms with Gasteiger partial charge >= 0.3 is 11.9 Å². The van der Waals surface area contributed by atoms with E-state index in [1.54, 1.807) is 0 Å². The van der Waals surface area contributed by atoms with Gasteiger partial charge in [0, 0.05) is 6.54 Å². The Balaban J connectivity index is 0.000000380. The number of aryl methyl sites for hydroxylation is 1. The Hall–Kier alpha value is -3.06. The van der Waals surface area contributed by atoms with Crippen molar-refractivity contribution in [1.82, 2.24) is 5.32 Å². The standard InChI is InChI=1S/C18H21NO2.C2H2O4/c1-2-14-3-5-16(6-4-14)12-19-10-9-15-7-8-17-18(11-15)21-13-20-17;3-1(4)2(5)6/h3-8,11,19H,2,9-10,12-13H2,1H3;(H,3,4)(H,5,6). The van der Waals surface area contributed by atoms with E-state index in [-0.39, 0.29) is 0 Å². The zero-order valence-electron chi connectivity index (χ0n) is 15.1. The molecule has 2 aromatic carbocycles. The molecule has 1 aliphatic rings. The molecule has 0 aromatic heterocycles. The van der Waals surface area contributed by atoms with Gasteiger partial charge in [-0.25, -0.2) is 9.59 Å². The molecule has 3 N–H and O–H groups in total. The van der Waals surface area contributed by atoms with Crippen LogP contribution in [-0.4, -0.2) is 35.5 Å². The first kappa shape index (κ1) is 20.3. The van der Waals surface area contributed by atoms with Crippen LogP contribution in [0.15, 0.2) is 42.5 Å². The molecule has 2 aromatic rings. The molecule has 0 radical (unpaired) electrons. The van der Waals surface area contributed by atoms with Crippen molar-refractivity contribution in [3.63, 3.8) is 0 Å². The Labute approximate surface area is 157 Å². The van der Waals surface area contributed by atoms with Crippen LogP contribution in [0.2, 0.25) is 0 Å². The topological polar surface area (TPSA) is 105 Å². The van der Waals surface area contributed by atoms with Gasteiger partial charge in [-0.3, -0.25) is 0 Å². The molecular weight excluding hydrogens is 350 g/mol. The molecule has 7 heteroatoms. The van der Waals surface area contributed by atoms with Crippen LogP contribution >= 0.6 is 0 Å². The lowest BCUT2D eigenvalue weighted by Crippen LogP contribution is -2.16. The molecule has 0 saturated heterocycles. The normalized spacial score (nSPS) is 11.4. The van der Waals surface area contributed by atoms with Crippen molar-refractivity contribution in [2.45, 2.75) is 26.3 Å². The molecule has 7 nitrogen and oxygen atoms in total. The van der Waals surface area contributed by atoms with Gasteiger partial charge in [-0.1, -0.05) is 37.3 Å². The summed E-state index contributed by atoms with van der Waals surface area (Å²) in [5.74, 6) is -1.93. The number of fused-ring (bicyclic) bond motifs is 1. The average Bonchev–Trinajstić information content (AvgIpc) is 3.14. The minimum atomic E-state index is -1.82. The number of hydrogen-bond donors (Lipinski definition) is 3. The van der Waals surface area contributed by atoms with Gasteiger partial charge < -0.3 is 25.0 Å². The van der Waals surface area contributed by atoms with Gasteiger partial charge in [0.15, 0.2) is 11.5 Å². The SMILES string of the molecule is CCc1ccc(CNCCc2ccc3c(c2)OCO3)cc1.O=C(O)C(=O)O. The van der Waals surface area contributed by atoms with Crippen molar-refractivity contribution < 1.29 is 29.3 Å². The summed E-state index contributed by atoms with van der Waals surface area (Å²) in [4.78, 5) is 18.2. The summed E-state index contributed by atoms with van der Waals surface area (Å²) in [5, 5.41) is 18.3. The van der Waals surface area contributed by atoms with Crippen LogP contribution < -0.4 is 14.8 Å². The Kier molecular flexibility index (Phi) is 7.63. The molecule has 0 bridgehead atoms. The first-order chi connectivity index (χ1) is 13.0. The van der Waals surface area contributed by atoms with Crippen molar-refractivity contribution >= 4 is 11.9 Å². The van der Waals surface area contributed by atoms with Gasteiger partial charge in [0.2, 0.25) is 6.79 Å². The van der Waals surface area contributed by atoms with E-state index in [0.29, 0.717) is 6.79 Å². The maximum Gasteiger partial charge on any atom is 0.414 e. The molecule has 0 spiro atoms. The molecule has 3 rings (SSSR count). The highest BCUT2D eigenvalue weighted by atomic mass is 16.7. The van der Waals surface area contributed by atoms with Crippen molar-refractivity contribution in [1.29, 1.82) is 0 Å². The van der Waals surface area contributed by atoms with E-state index < -0.39 is 11.9 Å². The number of benzene rings is 2. The van der Waals surface area contributed by atoms with Crippen molar-refractivity contribution in [2.75, 3.05) is 13.3 Å². The number of carbonyl (C=O) groups is 2. The Bertz CT molecular complexity index is 761. The highest BCUT2D eigenvalue weighted by molar-refractivity contribution is 6.27. The Morgan fingerprint density at radius 1 is 0.926 bits per heavy atom. The maximum absolute atomic E-state index is 9.10. The summed E-state index contributed by atoms with van der Waals surface area (Å²) in [6.07, 6.45) is 2.08. The van der Waals surface area contributed by atoms with E-state index in [4.69, 9.17) is 29.3 Å². The molecule has 0 saturated carbocycles. The number of aliphatic carboxylic acids is 2. The summed E-state index contributed by atoms with van der Waals surface area (Å²) in [6.45, 7) is 4.38. The second-order valence-corrected chi connectivity index (χ2v) is 5.89. The van der Waals surface area contributed by atoms with Crippen LogP contribution in [0, 0.1) is 0 Å². The largest absolute Gasteiger partial charge is 0.473 e. The number of nitrogens with one attached hydrogen (secondary N) is 1. The van der Waals surface area contributed by atoms with E-state index in [9.17, 15) is 0 Å². The van der Waals surface area contributed by atoms with E-state index in [1.165, 1.54) is 16.7 Å². The molecule has 0 atom stereocenters. The predicted octanol–water partition coefficient (Wildman–Crippen LogP) is 2.47. The molecule has 27 heavy (non-hydrogen) atoms. The minimum absolute atomic E-state index is 0.338. The fourth-order valence-electron chi connectivity index (χ4n) is 2.45. The molecule has 0 aliphatic carbocycles. The van der Waals surface area contributed by atoms with E-state index in [1.807, 2.05) is 6.07 Å². The molecule has 1 aliphatic heterocycles. The summed E-state index contributed by atoms with van der Waals surface area (Å²) in [6, 6.07) is 15.0. The van der Waals surface area contributed by atoms with E-state index in [0.717, 1.165) is 37.4 Å². The third kappa shape index (κ3) is 6.63. The summed E-state index contributed by atoms with van der Waals surface area (Å²) in [7, 11) is 0. The van der Waals surface area contributed by atoms with Crippen LogP contribution in [0.5, 0.6) is 11.5 Å². The zero-order chi connectivity index (χ0) is 19.6. The molecule has 0 fully saturated rings. The maximum atomic E-state index is 9.10. The van der Waals surface area contributed by atoms with Crippen LogP contribution in [0.25, 0.3) is 0 Å². The summed E-state index contributed by atoms with van der Waals surface area (Å²) in [5.41, 5.74) is 3.99. The van der Waals surface area contributed by atoms with Gasteiger partial charge in [-0.15, -0.1) is 0 Å². The molecule has 144 valence electrons. The third-order valence-electron chi connectivity index (χ3n) is 3.97. The first-order valence-corrected chi connectivity index (χ1v) is 8.63. The zero-order valence-corrected chi connectivity index (χ0v) is 15.1. The van der Waals surface area contributed by atoms with Crippen LogP contribution in [0.4, 0.5) is 0 Å². The van der Waals surface area contributed by atoms with Crippen LogP contribution in [0.3, 0.4) is 0 Å². The van der Waals surface area contributed by atoms with Crippen LogP contribution in [-0.2, 0) is 29.0 Å². The van der Waals surface area contributed by atoms with Gasteiger partial charge in [-0.2, -0.15) is 0 Å². The van der Waals surface area contributed by atoms with Gasteiger partial charge in [0.25, 0.3) is 0 Å². The second-order valence-electron chi connectivity index (χ2n) is 5.89. The van der Waals surface area contributed by atoms with Gasteiger partial charge in [0.05, 0.1) is 0 Å². The highest BCUT2D eigenvalue weighted by Gasteiger charge is 2.12. The monoisotopic (exact) mass is 373 g/mol. The lowest BCUT2D eigenvalue weighted by atomic mass is 10.1. The average molecular weight is 373 g/mol. The minimum Gasteiger partial charge on any atom is -0.473 e. The Morgan fingerprint density at radius 2 is 1.52 bits per heavy atom. The number of carboxylic acids is 2. The van der Waals surface area contributed by atoms with Crippen molar-refractivity contribution in [2.24, 2.45) is 0 Å². The smallest absolute Gasteiger partial charge is 0.414 e. The van der Waals surface area contributed by atoms with E-state index >= 15 is 0 Å². The van der Waals surface area contributed by atoms with Crippen LogP contribution in [0.1, 0.15) is 23.6 Å². The van der Waals surface area contributed by atoms with Gasteiger partial charge in [0.1, 0.15) is 0 Å². The lowest BCUT2D eigenvalue weighted by molar-refractivity contribution is -0.159. The fraction of sp³-hybridized carbons (Fsp3) is 0.300. The van der Waals surface area contributed by atoms with Crippen molar-refractivity contribution in [3.05, 3.63) is 59.2 Å². The molecule has 0 amide bonds. The lowest BCUT2D eigenvalue weighted by Gasteiger charge is -2.07. The number of hydrogen-bond acceptors (Lipinski definition) is 5. The third-order valence-corrected chi connectivity index (χ3v) is 3.97. The molecule has 1 heterocycles. The second kappa shape index (κ2) is 10.2. The number of rotatable bonds is 6. The van der Waals surface area contributed by atoms with Gasteiger partial charge in [-0.05, 0) is 48.2 Å². The van der Waals surface area contributed by atoms with E-state index in [2.05, 4.69) is 48.6 Å². The predicted molar refractivity (Wildman–Crippen MR) is 99.1 cm³/mol. The summed E-state index contributed by atoms with van der Waals surface area (Å²) < 4.78 is 10.7. The quantitative estimate of drug-likeness (QED) is 0.528. The first-order valence-electron chi connectivity index (χ1n) is 8.63. The Morgan fingerprint density at radius 3 is 2.15 bits per heavy atom. The highest BCUT2D eigenvalue weighted by Crippen LogP contribution is 2.32. The van der Waals surface area contributed by atoms with Crippen molar-refractivity contribution in [3.8, 4) is 11.5 Å². The fourth-order valence-corrected chi connectivity index (χ4v) is 2.45. The molecule has 0 unspecified atom stereocenters.